The molecule has 3 nitrogen and oxygen atoms in total. The van der Waals surface area contributed by atoms with Crippen LogP contribution in [0.1, 0.15) is 33.1 Å². The molecule has 4 rings (SSSR count). The van der Waals surface area contributed by atoms with Crippen LogP contribution in [0, 0.1) is 5.82 Å². The van der Waals surface area contributed by atoms with E-state index >= 15 is 0 Å². The lowest BCUT2D eigenvalue weighted by atomic mass is 9.94. The number of aliphatic imine (C=N–C) groups is 1. The summed E-state index contributed by atoms with van der Waals surface area (Å²) in [6, 6.07) is 20.3. The highest BCUT2D eigenvalue weighted by molar-refractivity contribution is 6.52. The number of rotatable bonds is 2. The molecule has 26 heavy (non-hydrogen) atoms. The second-order valence-electron chi connectivity index (χ2n) is 6.26. The van der Waals surface area contributed by atoms with Crippen molar-refractivity contribution in [2.24, 2.45) is 4.99 Å². The van der Waals surface area contributed by atoms with Gasteiger partial charge in [-0.2, -0.15) is 0 Å². The molecule has 0 saturated heterocycles. The maximum atomic E-state index is 13.8. The van der Waals surface area contributed by atoms with Crippen LogP contribution < -0.4 is 0 Å². The van der Waals surface area contributed by atoms with E-state index in [1.54, 1.807) is 12.1 Å². The van der Waals surface area contributed by atoms with Crippen LogP contribution in [0.4, 0.5) is 4.39 Å². The summed E-state index contributed by atoms with van der Waals surface area (Å²) in [5.41, 5.74) is 2.59. The molecule has 1 aliphatic rings. The molecular formula is C22H16FNO2. The van der Waals surface area contributed by atoms with Crippen LogP contribution in [-0.2, 0) is 6.42 Å². The highest BCUT2D eigenvalue weighted by Crippen LogP contribution is 2.31. The monoisotopic (exact) mass is 345 g/mol. The van der Waals surface area contributed by atoms with Gasteiger partial charge in [0.05, 0.1) is 6.04 Å². The molecule has 0 aromatic heterocycles. The molecule has 1 N–H and O–H groups in total. The van der Waals surface area contributed by atoms with Gasteiger partial charge in [0.25, 0.3) is 0 Å². The zero-order chi connectivity index (χ0) is 18.1. The van der Waals surface area contributed by atoms with Crippen LogP contribution in [0.15, 0.2) is 77.8 Å². The third-order valence-corrected chi connectivity index (χ3v) is 4.57. The average Bonchev–Trinajstić information content (AvgIpc) is 2.82. The number of halogens is 1. The van der Waals surface area contributed by atoms with E-state index in [1.807, 2.05) is 42.5 Å². The molecule has 0 aliphatic carbocycles. The molecule has 0 radical (unpaired) electrons. The van der Waals surface area contributed by atoms with Crippen LogP contribution in [0.5, 0.6) is 5.75 Å². The number of carbonyl (C=O) groups excluding carboxylic acids is 1. The summed E-state index contributed by atoms with van der Waals surface area (Å²) in [6.07, 6.45) is 0.561. The van der Waals surface area contributed by atoms with Gasteiger partial charge in [-0.3, -0.25) is 9.79 Å². The van der Waals surface area contributed by atoms with Gasteiger partial charge < -0.3 is 5.11 Å². The number of ketones is 1. The first-order chi connectivity index (χ1) is 12.6. The molecule has 1 aliphatic heterocycles. The Bertz CT molecular complexity index is 1010. The first-order valence-electron chi connectivity index (χ1n) is 8.38. The maximum absolute atomic E-state index is 13.8. The molecule has 0 saturated carbocycles. The van der Waals surface area contributed by atoms with E-state index in [-0.39, 0.29) is 28.8 Å². The van der Waals surface area contributed by atoms with E-state index in [9.17, 15) is 14.3 Å². The van der Waals surface area contributed by atoms with Crippen molar-refractivity contribution in [1.29, 1.82) is 0 Å². The van der Waals surface area contributed by atoms with E-state index in [0.717, 1.165) is 23.3 Å². The SMILES string of the molecule is O=C1C(c2cc(F)ccc2O)=N[C@H](c2ccccc2)Cc2ccccc21. The number of benzene rings is 3. The molecule has 1 heterocycles. The fourth-order valence-corrected chi connectivity index (χ4v) is 3.27. The normalized spacial score (nSPS) is 16.6. The summed E-state index contributed by atoms with van der Waals surface area (Å²) in [4.78, 5) is 17.8. The summed E-state index contributed by atoms with van der Waals surface area (Å²) in [5, 5.41) is 10.2. The molecule has 3 aromatic rings. The highest BCUT2D eigenvalue weighted by Gasteiger charge is 2.28. The lowest BCUT2D eigenvalue weighted by Crippen LogP contribution is -2.16. The first kappa shape index (κ1) is 16.2. The van der Waals surface area contributed by atoms with Crippen molar-refractivity contribution in [3.8, 4) is 5.75 Å². The van der Waals surface area contributed by atoms with Crippen molar-refractivity contribution in [2.75, 3.05) is 0 Å². The second kappa shape index (κ2) is 6.56. The summed E-state index contributed by atoms with van der Waals surface area (Å²) < 4.78 is 13.8. The zero-order valence-electron chi connectivity index (χ0n) is 13.9. The molecule has 0 amide bonds. The fourth-order valence-electron chi connectivity index (χ4n) is 3.27. The minimum Gasteiger partial charge on any atom is -0.507 e. The predicted molar refractivity (Wildman–Crippen MR) is 98.3 cm³/mol. The van der Waals surface area contributed by atoms with Gasteiger partial charge in [-0.1, -0.05) is 54.6 Å². The van der Waals surface area contributed by atoms with Crippen LogP contribution in [0.2, 0.25) is 0 Å². The molecular weight excluding hydrogens is 329 g/mol. The van der Waals surface area contributed by atoms with E-state index < -0.39 is 5.82 Å². The molecule has 0 unspecified atom stereocenters. The van der Waals surface area contributed by atoms with E-state index in [0.29, 0.717) is 12.0 Å². The standard InChI is InChI=1S/C22H16FNO2/c23-16-10-11-20(25)18(13-16)21-22(26)17-9-5-4-8-15(17)12-19(24-21)14-6-2-1-3-7-14/h1-11,13,19,25H,12H2/t19-/m0/s1. The van der Waals surface area contributed by atoms with Gasteiger partial charge in [0.15, 0.2) is 0 Å². The Morgan fingerprint density at radius 2 is 1.65 bits per heavy atom. The van der Waals surface area contributed by atoms with Gasteiger partial charge in [-0.05, 0) is 35.7 Å². The maximum Gasteiger partial charge on any atom is 0.211 e. The average molecular weight is 345 g/mol. The van der Waals surface area contributed by atoms with Crippen molar-refractivity contribution >= 4 is 11.5 Å². The number of aromatic hydroxyl groups is 1. The van der Waals surface area contributed by atoms with Crippen LogP contribution in [-0.4, -0.2) is 16.6 Å². The second-order valence-corrected chi connectivity index (χ2v) is 6.26. The number of hydrogen-bond donors (Lipinski definition) is 1. The molecule has 3 aromatic carbocycles. The Hall–Kier alpha value is -3.27. The zero-order valence-corrected chi connectivity index (χ0v) is 13.9. The van der Waals surface area contributed by atoms with E-state index in [1.165, 1.54) is 6.07 Å². The van der Waals surface area contributed by atoms with Crippen molar-refractivity contribution in [3.63, 3.8) is 0 Å². The number of Topliss-reactive ketones (excluding diaryl/α,β-unsaturated/α-hetero) is 1. The molecule has 128 valence electrons. The Labute approximate surface area is 150 Å². The molecule has 1 atom stereocenters. The number of nitrogens with zero attached hydrogens (tertiary/aromatic N) is 1. The largest absolute Gasteiger partial charge is 0.507 e. The van der Waals surface area contributed by atoms with Crippen molar-refractivity contribution in [1.82, 2.24) is 0 Å². The summed E-state index contributed by atoms with van der Waals surface area (Å²) in [6.45, 7) is 0. The first-order valence-corrected chi connectivity index (χ1v) is 8.38. The van der Waals surface area contributed by atoms with Crippen LogP contribution in [0.3, 0.4) is 0 Å². The van der Waals surface area contributed by atoms with E-state index in [4.69, 9.17) is 0 Å². The minimum atomic E-state index is -0.526. The number of hydrogen-bond acceptors (Lipinski definition) is 3. The Kier molecular flexibility index (Phi) is 4.09. The number of fused-ring (bicyclic) bond motifs is 1. The fraction of sp³-hybridized carbons (Fsp3) is 0.0909. The lowest BCUT2D eigenvalue weighted by Gasteiger charge is -2.13. The molecule has 0 spiro atoms. The predicted octanol–water partition coefficient (Wildman–Crippen LogP) is 4.50. The van der Waals surface area contributed by atoms with Gasteiger partial charge in [-0.15, -0.1) is 0 Å². The Morgan fingerprint density at radius 3 is 2.46 bits per heavy atom. The third kappa shape index (κ3) is 2.90. The lowest BCUT2D eigenvalue weighted by molar-refractivity contribution is 0.106. The van der Waals surface area contributed by atoms with Crippen molar-refractivity contribution < 1.29 is 14.3 Å². The van der Waals surface area contributed by atoms with Gasteiger partial charge in [0.1, 0.15) is 17.3 Å². The van der Waals surface area contributed by atoms with Gasteiger partial charge in [0.2, 0.25) is 5.78 Å². The summed E-state index contributed by atoms with van der Waals surface area (Å²) >= 11 is 0. The molecule has 0 fully saturated rings. The third-order valence-electron chi connectivity index (χ3n) is 4.57. The number of phenolic OH excluding ortho intramolecular Hbond substituents is 1. The Morgan fingerprint density at radius 1 is 0.923 bits per heavy atom. The highest BCUT2D eigenvalue weighted by atomic mass is 19.1. The minimum absolute atomic E-state index is 0.0841. The topological polar surface area (TPSA) is 49.7 Å². The van der Waals surface area contributed by atoms with Crippen LogP contribution in [0.25, 0.3) is 0 Å². The number of phenols is 1. The Balaban J connectivity index is 1.93. The summed E-state index contributed by atoms with van der Waals surface area (Å²) in [5.74, 6) is -0.994. The van der Waals surface area contributed by atoms with E-state index in [2.05, 4.69) is 4.99 Å². The van der Waals surface area contributed by atoms with Gasteiger partial charge in [0, 0.05) is 11.1 Å². The van der Waals surface area contributed by atoms with Gasteiger partial charge >= 0.3 is 0 Å². The van der Waals surface area contributed by atoms with Crippen molar-refractivity contribution in [2.45, 2.75) is 12.5 Å². The molecule has 0 bridgehead atoms. The smallest absolute Gasteiger partial charge is 0.211 e. The molecule has 4 heteroatoms. The van der Waals surface area contributed by atoms with Crippen molar-refractivity contribution in [3.05, 3.63) is 101 Å². The van der Waals surface area contributed by atoms with Crippen LogP contribution >= 0.6 is 0 Å². The summed E-state index contributed by atoms with van der Waals surface area (Å²) in [7, 11) is 0. The number of carbonyl (C=O) groups is 1. The quantitative estimate of drug-likeness (QED) is 0.743. The van der Waals surface area contributed by atoms with Gasteiger partial charge in [-0.25, -0.2) is 4.39 Å².